The van der Waals surface area contributed by atoms with Crippen molar-refractivity contribution in [1.82, 2.24) is 4.90 Å². The number of rotatable bonds is 1. The zero-order valence-corrected chi connectivity index (χ0v) is 7.62. The fraction of sp³-hybridized carbons (Fsp3) is 0.571. The van der Waals surface area contributed by atoms with E-state index in [2.05, 4.69) is 0 Å². The Hall–Kier alpha value is -0.570. The van der Waals surface area contributed by atoms with Crippen LogP contribution in [0.4, 0.5) is 0 Å². The van der Waals surface area contributed by atoms with E-state index in [1.807, 2.05) is 14.1 Å². The van der Waals surface area contributed by atoms with Crippen molar-refractivity contribution in [3.05, 3.63) is 11.3 Å². The second kappa shape index (κ2) is 3.56. The highest BCUT2D eigenvalue weighted by Gasteiger charge is 2.03. The molecule has 0 rings (SSSR count). The lowest BCUT2D eigenvalue weighted by Crippen LogP contribution is -2.21. The number of aliphatic hydroxyl groups is 1. The summed E-state index contributed by atoms with van der Waals surface area (Å²) in [5.41, 5.74) is 0.764. The topological polar surface area (TPSA) is 23.5 Å². The molecule has 0 unspecified atom stereocenters. The molecule has 1 N–H and O–H groups in total. The molecule has 0 bridgehead atoms. The summed E-state index contributed by atoms with van der Waals surface area (Å²) in [6, 6.07) is 0. The molecule has 0 fully saturated rings. The number of likely N-dealkylation sites (N-methyl/N-ethyl adjacent to an activating group) is 1. The van der Waals surface area contributed by atoms with E-state index in [1.165, 1.54) is 0 Å². The van der Waals surface area contributed by atoms with Crippen LogP contribution < -0.4 is 0 Å². The van der Waals surface area contributed by atoms with Crippen molar-refractivity contribution in [3.8, 4) is 0 Å². The minimum Gasteiger partial charge on any atom is -0.512 e. The molecular weight excluding hydrogens is 146 g/mol. The molecule has 0 aliphatic carbocycles. The first-order valence-electron chi connectivity index (χ1n) is 3.05. The highest BCUT2D eigenvalue weighted by atomic mass is 32.1. The van der Waals surface area contributed by atoms with Gasteiger partial charge < -0.3 is 10.0 Å². The summed E-state index contributed by atoms with van der Waals surface area (Å²) in [7, 11) is 3.71. The maximum Gasteiger partial charge on any atom is 0.107 e. The van der Waals surface area contributed by atoms with E-state index in [1.54, 1.807) is 18.7 Å². The average Bonchev–Trinajstić information content (AvgIpc) is 1.84. The lowest BCUT2D eigenvalue weighted by Gasteiger charge is -2.13. The van der Waals surface area contributed by atoms with Crippen molar-refractivity contribution in [2.45, 2.75) is 13.8 Å². The first-order chi connectivity index (χ1) is 4.46. The van der Waals surface area contributed by atoms with Crippen LogP contribution in [0.2, 0.25) is 0 Å². The highest BCUT2D eigenvalue weighted by Crippen LogP contribution is 2.03. The molecule has 3 heteroatoms. The summed E-state index contributed by atoms with van der Waals surface area (Å²) in [5, 5.41) is 9.01. The Labute approximate surface area is 67.2 Å². The van der Waals surface area contributed by atoms with Gasteiger partial charge in [-0.05, 0) is 13.8 Å². The van der Waals surface area contributed by atoms with Gasteiger partial charge in [0.15, 0.2) is 0 Å². The van der Waals surface area contributed by atoms with Crippen LogP contribution in [0.5, 0.6) is 0 Å². The molecule has 0 aromatic carbocycles. The average molecular weight is 159 g/mol. The fourth-order valence-corrected chi connectivity index (χ4v) is 0.638. The van der Waals surface area contributed by atoms with Crippen LogP contribution >= 0.6 is 12.2 Å². The monoisotopic (exact) mass is 159 g/mol. The third-order valence-electron chi connectivity index (χ3n) is 1.27. The lowest BCUT2D eigenvalue weighted by atomic mass is 10.2. The third kappa shape index (κ3) is 2.35. The molecule has 0 heterocycles. The quantitative estimate of drug-likeness (QED) is 0.358. The van der Waals surface area contributed by atoms with Crippen molar-refractivity contribution in [3.63, 3.8) is 0 Å². The molecule has 0 radical (unpaired) electrons. The molecule has 58 valence electrons. The minimum absolute atomic E-state index is 0.290. The van der Waals surface area contributed by atoms with Crippen LogP contribution in [0, 0.1) is 0 Å². The normalized spacial score (nSPS) is 12.4. The number of hydrogen-bond donors (Lipinski definition) is 1. The van der Waals surface area contributed by atoms with Crippen molar-refractivity contribution in [2.75, 3.05) is 14.1 Å². The van der Waals surface area contributed by atoms with Gasteiger partial charge in [-0.15, -0.1) is 0 Å². The van der Waals surface area contributed by atoms with E-state index < -0.39 is 0 Å². The number of hydrogen-bond acceptors (Lipinski definition) is 2. The first-order valence-corrected chi connectivity index (χ1v) is 3.45. The molecule has 0 spiro atoms. The van der Waals surface area contributed by atoms with Gasteiger partial charge in [-0.1, -0.05) is 12.2 Å². The first kappa shape index (κ1) is 9.43. The van der Waals surface area contributed by atoms with Crippen molar-refractivity contribution in [1.29, 1.82) is 0 Å². The molecule has 0 saturated heterocycles. The molecule has 2 nitrogen and oxygen atoms in total. The molecule has 0 aromatic heterocycles. The van der Waals surface area contributed by atoms with Crippen LogP contribution in [0.3, 0.4) is 0 Å². The van der Waals surface area contributed by atoms with E-state index in [0.717, 1.165) is 5.57 Å². The molecule has 0 saturated carbocycles. The SMILES string of the molecule is C/C(O)=C(/C)C(=S)N(C)C. The summed E-state index contributed by atoms with van der Waals surface area (Å²) in [6.07, 6.45) is 0. The lowest BCUT2D eigenvalue weighted by molar-refractivity contribution is 0.409. The standard InChI is InChI=1S/C7H13NOS/c1-5(6(2)9)7(10)8(3)4/h9H,1-4H3/b6-5+. The molecule has 0 aliphatic heterocycles. The van der Waals surface area contributed by atoms with Gasteiger partial charge in [-0.25, -0.2) is 0 Å². The largest absolute Gasteiger partial charge is 0.512 e. The summed E-state index contributed by atoms with van der Waals surface area (Å²) in [6.45, 7) is 3.43. The van der Waals surface area contributed by atoms with E-state index >= 15 is 0 Å². The van der Waals surface area contributed by atoms with Crippen LogP contribution in [-0.2, 0) is 0 Å². The maximum absolute atomic E-state index is 9.01. The smallest absolute Gasteiger partial charge is 0.107 e. The third-order valence-corrected chi connectivity index (χ3v) is 1.94. The van der Waals surface area contributed by atoms with Crippen molar-refractivity contribution < 1.29 is 5.11 Å². The molecule has 10 heavy (non-hydrogen) atoms. The number of nitrogens with zero attached hydrogens (tertiary/aromatic N) is 1. The van der Waals surface area contributed by atoms with Gasteiger partial charge in [-0.3, -0.25) is 0 Å². The number of thiocarbonyl (C=S) groups is 1. The van der Waals surface area contributed by atoms with E-state index in [4.69, 9.17) is 17.3 Å². The van der Waals surface area contributed by atoms with Crippen molar-refractivity contribution in [2.24, 2.45) is 0 Å². The van der Waals surface area contributed by atoms with E-state index in [0.29, 0.717) is 10.7 Å². The van der Waals surface area contributed by atoms with Crippen LogP contribution in [0.1, 0.15) is 13.8 Å². The molecule has 0 amide bonds. The van der Waals surface area contributed by atoms with Gasteiger partial charge in [0.05, 0.1) is 5.76 Å². The summed E-state index contributed by atoms with van der Waals surface area (Å²) in [4.78, 5) is 2.48. The molecule has 0 aliphatic rings. The van der Waals surface area contributed by atoms with E-state index in [-0.39, 0.29) is 0 Å². The second-order valence-corrected chi connectivity index (χ2v) is 2.80. The summed E-state index contributed by atoms with van der Waals surface area (Å²) < 4.78 is 0. The molecular formula is C7H13NOS. The Kier molecular flexibility index (Phi) is 3.36. The van der Waals surface area contributed by atoms with Gasteiger partial charge in [0.1, 0.15) is 4.99 Å². The van der Waals surface area contributed by atoms with Gasteiger partial charge in [-0.2, -0.15) is 0 Å². The fourth-order valence-electron chi connectivity index (χ4n) is 0.490. The van der Waals surface area contributed by atoms with Crippen LogP contribution in [-0.4, -0.2) is 29.1 Å². The van der Waals surface area contributed by atoms with Gasteiger partial charge in [0.2, 0.25) is 0 Å². The highest BCUT2D eigenvalue weighted by molar-refractivity contribution is 7.80. The predicted octanol–water partition coefficient (Wildman–Crippen LogP) is 1.73. The number of allylic oxidation sites excluding steroid dienone is 1. The van der Waals surface area contributed by atoms with Gasteiger partial charge in [0.25, 0.3) is 0 Å². The number of aliphatic hydroxyl groups excluding tert-OH is 1. The Bertz CT molecular complexity index is 168. The second-order valence-electron chi connectivity index (χ2n) is 2.41. The zero-order valence-electron chi connectivity index (χ0n) is 6.80. The van der Waals surface area contributed by atoms with E-state index in [9.17, 15) is 0 Å². The van der Waals surface area contributed by atoms with Crippen molar-refractivity contribution >= 4 is 17.2 Å². The zero-order chi connectivity index (χ0) is 8.31. The Morgan fingerprint density at radius 1 is 1.30 bits per heavy atom. The Morgan fingerprint density at radius 3 is 1.80 bits per heavy atom. The molecule has 0 aromatic rings. The van der Waals surface area contributed by atoms with Crippen LogP contribution in [0.15, 0.2) is 11.3 Å². The molecule has 0 atom stereocenters. The maximum atomic E-state index is 9.01. The Morgan fingerprint density at radius 2 is 1.70 bits per heavy atom. The predicted molar refractivity (Wildman–Crippen MR) is 47.3 cm³/mol. The van der Waals surface area contributed by atoms with Gasteiger partial charge in [0, 0.05) is 19.7 Å². The summed E-state index contributed by atoms with van der Waals surface area (Å²) in [5.74, 6) is 0.290. The van der Waals surface area contributed by atoms with Crippen LogP contribution in [0.25, 0.3) is 0 Å². The Balaban J connectivity index is 4.38. The summed E-state index contributed by atoms with van der Waals surface area (Å²) >= 11 is 4.98. The van der Waals surface area contributed by atoms with Gasteiger partial charge >= 0.3 is 0 Å². The minimum atomic E-state index is 0.290.